The molecule has 0 spiro atoms. The van der Waals surface area contributed by atoms with Gasteiger partial charge in [-0.3, -0.25) is 4.79 Å². The molecule has 5 nitrogen and oxygen atoms in total. The number of anilines is 1. The van der Waals surface area contributed by atoms with Crippen LogP contribution < -0.4 is 10.1 Å². The van der Waals surface area contributed by atoms with Gasteiger partial charge in [-0.1, -0.05) is 19.9 Å². The van der Waals surface area contributed by atoms with Crippen LogP contribution in [0, 0.1) is 11.6 Å². The maximum atomic E-state index is 12.5. The number of nitrogens with one attached hydrogen (secondary N) is 1. The molecule has 1 aliphatic heterocycles. The van der Waals surface area contributed by atoms with Crippen molar-refractivity contribution in [3.05, 3.63) is 48.2 Å². The summed E-state index contributed by atoms with van der Waals surface area (Å²) in [4.78, 5) is 17.1. The summed E-state index contributed by atoms with van der Waals surface area (Å²) in [5.41, 5.74) is 0. The van der Waals surface area contributed by atoms with E-state index in [2.05, 4.69) is 15.0 Å². The highest BCUT2D eigenvalue weighted by atomic mass is 32.2. The van der Waals surface area contributed by atoms with E-state index in [1.807, 2.05) is 39.2 Å². The van der Waals surface area contributed by atoms with Gasteiger partial charge in [-0.25, -0.2) is 9.37 Å². The third-order valence-electron chi connectivity index (χ3n) is 3.87. The Hall–Kier alpha value is -2.33. The van der Waals surface area contributed by atoms with Gasteiger partial charge in [0.2, 0.25) is 5.82 Å². The Morgan fingerprint density at radius 2 is 1.97 bits per heavy atom. The molecule has 1 aliphatic rings. The number of pyridine rings is 1. The van der Waals surface area contributed by atoms with Crippen LogP contribution in [0.3, 0.4) is 0 Å². The third-order valence-corrected chi connectivity index (χ3v) is 4.60. The van der Waals surface area contributed by atoms with Crippen molar-refractivity contribution in [3.63, 3.8) is 0 Å². The van der Waals surface area contributed by atoms with E-state index in [1.54, 1.807) is 18.0 Å². The van der Waals surface area contributed by atoms with Crippen molar-refractivity contribution in [2.45, 2.75) is 57.3 Å². The number of aromatic nitrogens is 1. The Morgan fingerprint density at radius 1 is 1.26 bits per heavy atom. The number of ether oxygens (including phenoxy) is 2. The van der Waals surface area contributed by atoms with E-state index in [0.717, 1.165) is 35.9 Å². The molecule has 10 heteroatoms. The molecular formula is C21H26F4N2O3S. The second-order valence-corrected chi connectivity index (χ2v) is 6.89. The first-order chi connectivity index (χ1) is 14.8. The summed E-state index contributed by atoms with van der Waals surface area (Å²) in [6.45, 7) is 2.83. The lowest BCUT2D eigenvalue weighted by atomic mass is 10.2. The number of nitrogens with zero attached hydrogens (tertiary/aromatic N) is 1. The molecule has 0 aliphatic carbocycles. The second-order valence-electron chi connectivity index (χ2n) is 6.01. The summed E-state index contributed by atoms with van der Waals surface area (Å²) in [6, 6.07) is 6.59. The van der Waals surface area contributed by atoms with Crippen molar-refractivity contribution in [2.75, 3.05) is 11.6 Å². The molecule has 2 unspecified atom stereocenters. The predicted molar refractivity (Wildman–Crippen MR) is 113 cm³/mol. The predicted octanol–water partition coefficient (Wildman–Crippen LogP) is 5.90. The molecule has 1 amide bonds. The third kappa shape index (κ3) is 9.14. The fourth-order valence-electron chi connectivity index (χ4n) is 2.48. The van der Waals surface area contributed by atoms with Crippen LogP contribution >= 0.6 is 11.8 Å². The molecule has 0 saturated carbocycles. The highest BCUT2D eigenvalue weighted by Crippen LogP contribution is 2.22. The summed E-state index contributed by atoms with van der Waals surface area (Å²) >= 11 is 1.62. The van der Waals surface area contributed by atoms with Gasteiger partial charge in [0, 0.05) is 11.1 Å². The minimum Gasteiger partial charge on any atom is -0.432 e. The van der Waals surface area contributed by atoms with E-state index in [4.69, 9.17) is 4.74 Å². The zero-order valence-corrected chi connectivity index (χ0v) is 18.5. The molecule has 2 atom stereocenters. The molecule has 2 aromatic rings. The first kappa shape index (κ1) is 26.7. The van der Waals surface area contributed by atoms with E-state index >= 15 is 0 Å². The Balaban J connectivity index is 0.000000303. The van der Waals surface area contributed by atoms with Crippen LogP contribution in [0.15, 0.2) is 41.4 Å². The van der Waals surface area contributed by atoms with Crippen LogP contribution in [-0.2, 0) is 9.53 Å². The number of halogens is 4. The van der Waals surface area contributed by atoms with Gasteiger partial charge < -0.3 is 14.8 Å². The van der Waals surface area contributed by atoms with Crippen LogP contribution in [0.5, 0.6) is 5.75 Å². The summed E-state index contributed by atoms with van der Waals surface area (Å²) in [6.07, 6.45) is 5.26. The van der Waals surface area contributed by atoms with Crippen molar-refractivity contribution in [1.82, 2.24) is 4.98 Å². The molecule has 2 heterocycles. The Labute approximate surface area is 183 Å². The number of carbonyl (C=O) groups excluding carboxylic acids is 1. The molecule has 0 radical (unpaired) electrons. The van der Waals surface area contributed by atoms with E-state index in [0.29, 0.717) is 5.82 Å². The number of hydrogen-bond acceptors (Lipinski definition) is 5. The fourth-order valence-corrected chi connectivity index (χ4v) is 2.91. The van der Waals surface area contributed by atoms with Crippen molar-refractivity contribution in [2.24, 2.45) is 0 Å². The van der Waals surface area contributed by atoms with Crippen molar-refractivity contribution >= 4 is 23.5 Å². The summed E-state index contributed by atoms with van der Waals surface area (Å²) in [7, 11) is 0. The van der Waals surface area contributed by atoms with E-state index in [1.165, 1.54) is 0 Å². The quantitative estimate of drug-likeness (QED) is 0.443. The lowest BCUT2D eigenvalue weighted by molar-refractivity contribution is -0.126. The van der Waals surface area contributed by atoms with Gasteiger partial charge in [0.25, 0.3) is 5.91 Å². The van der Waals surface area contributed by atoms with Gasteiger partial charge in [-0.05, 0) is 50.3 Å². The van der Waals surface area contributed by atoms with Crippen LogP contribution in [0.25, 0.3) is 0 Å². The zero-order valence-electron chi connectivity index (χ0n) is 17.7. The minimum absolute atomic E-state index is 0.0971. The Morgan fingerprint density at radius 3 is 2.55 bits per heavy atom. The topological polar surface area (TPSA) is 60.5 Å². The molecule has 3 rings (SSSR count). The van der Waals surface area contributed by atoms with Crippen LogP contribution in [0.2, 0.25) is 0 Å². The van der Waals surface area contributed by atoms with E-state index in [9.17, 15) is 22.4 Å². The lowest BCUT2D eigenvalue weighted by Gasteiger charge is -2.11. The first-order valence-electron chi connectivity index (χ1n) is 9.65. The van der Waals surface area contributed by atoms with Gasteiger partial charge in [0.15, 0.2) is 11.6 Å². The Kier molecular flexibility index (Phi) is 11.9. The second kappa shape index (κ2) is 13.9. The maximum absolute atomic E-state index is 12.5. The van der Waals surface area contributed by atoms with Crippen molar-refractivity contribution < 1.29 is 31.8 Å². The van der Waals surface area contributed by atoms with Gasteiger partial charge >= 0.3 is 6.61 Å². The molecule has 1 fully saturated rings. The summed E-state index contributed by atoms with van der Waals surface area (Å²) in [5, 5.41) is 2.79. The maximum Gasteiger partial charge on any atom is 0.387 e. The average Bonchev–Trinajstić information content (AvgIpc) is 3.20. The highest BCUT2D eigenvalue weighted by molar-refractivity contribution is 7.98. The molecule has 1 saturated heterocycles. The van der Waals surface area contributed by atoms with Crippen molar-refractivity contribution in [3.8, 4) is 5.75 Å². The van der Waals surface area contributed by atoms with Crippen molar-refractivity contribution in [1.29, 1.82) is 0 Å². The van der Waals surface area contributed by atoms with Crippen LogP contribution in [-0.4, -0.2) is 36.0 Å². The van der Waals surface area contributed by atoms with Crippen LogP contribution in [0.4, 0.5) is 23.4 Å². The smallest absolute Gasteiger partial charge is 0.387 e. The molecule has 0 bridgehead atoms. The monoisotopic (exact) mass is 462 g/mol. The van der Waals surface area contributed by atoms with Gasteiger partial charge in [-0.15, -0.1) is 11.8 Å². The lowest BCUT2D eigenvalue weighted by Crippen LogP contribution is -2.28. The first-order valence-corrected chi connectivity index (χ1v) is 10.9. The number of thioether (sulfide) groups is 1. The molecule has 1 N–H and O–H groups in total. The number of rotatable bonds is 5. The molecule has 1 aromatic carbocycles. The SMILES string of the molecule is CC.CSc1ccnc(NC(=O)C2CCC(C)O2)c1.Fc1cccc(OC(F)F)c1F. The normalized spacial score (nSPS) is 17.2. The van der Waals surface area contributed by atoms with Gasteiger partial charge in [0.05, 0.1) is 6.10 Å². The molecule has 1 aromatic heterocycles. The molecule has 31 heavy (non-hydrogen) atoms. The summed E-state index contributed by atoms with van der Waals surface area (Å²) < 4.78 is 57.1. The average molecular weight is 463 g/mol. The van der Waals surface area contributed by atoms with E-state index in [-0.39, 0.29) is 18.1 Å². The standard InChI is InChI=1S/C12H16N2O2S.C7H4F4O.C2H6/c1-8-3-4-10(16-8)12(15)14-11-7-9(17-2)5-6-13-11;8-4-2-1-3-5(6(4)9)12-7(10)11;1-2/h5-8,10H,3-4H2,1-2H3,(H,13,14,15);1-3,7H;1-2H3. The number of alkyl halides is 2. The minimum atomic E-state index is -3.15. The number of benzene rings is 1. The van der Waals surface area contributed by atoms with Gasteiger partial charge in [-0.2, -0.15) is 13.2 Å². The molecular weight excluding hydrogens is 436 g/mol. The molecule has 172 valence electrons. The van der Waals surface area contributed by atoms with E-state index < -0.39 is 24.0 Å². The highest BCUT2D eigenvalue weighted by Gasteiger charge is 2.28. The Bertz CT molecular complexity index is 827. The fraction of sp³-hybridized carbons (Fsp3) is 0.429. The number of amides is 1. The number of hydrogen-bond donors (Lipinski definition) is 1. The largest absolute Gasteiger partial charge is 0.432 e. The number of carbonyl (C=O) groups is 1. The zero-order chi connectivity index (χ0) is 23.4. The summed E-state index contributed by atoms with van der Waals surface area (Å²) in [5.74, 6) is -2.92. The van der Waals surface area contributed by atoms with Crippen LogP contribution in [0.1, 0.15) is 33.6 Å². The van der Waals surface area contributed by atoms with Gasteiger partial charge in [0.1, 0.15) is 11.9 Å².